The van der Waals surface area contributed by atoms with E-state index in [4.69, 9.17) is 26.8 Å². The minimum absolute atomic E-state index is 0.0410. The van der Waals surface area contributed by atoms with Crippen LogP contribution in [0, 0.1) is 0 Å². The van der Waals surface area contributed by atoms with Crippen LogP contribution in [0.2, 0.25) is 0 Å². The third kappa shape index (κ3) is 5.98. The lowest BCUT2D eigenvalue weighted by Crippen LogP contribution is -2.32. The fourth-order valence-electron chi connectivity index (χ4n) is 3.25. The first-order valence-electron chi connectivity index (χ1n) is 10.0. The van der Waals surface area contributed by atoms with Gasteiger partial charge in [-0.1, -0.05) is 30.0 Å². The molecule has 0 aliphatic carbocycles. The Kier molecular flexibility index (Phi) is 7.91. The summed E-state index contributed by atoms with van der Waals surface area (Å²) in [4.78, 5) is 39.1. The highest BCUT2D eigenvalue weighted by Crippen LogP contribution is 2.35. The van der Waals surface area contributed by atoms with Crippen LogP contribution in [0.25, 0.3) is 6.08 Å². The van der Waals surface area contributed by atoms with Crippen LogP contribution in [0.15, 0.2) is 23.1 Å². The van der Waals surface area contributed by atoms with Gasteiger partial charge >= 0.3 is 5.97 Å². The summed E-state index contributed by atoms with van der Waals surface area (Å²) >= 11 is 6.34. The molecule has 0 atom stereocenters. The molecule has 1 N–H and O–H groups in total. The molecule has 0 aromatic heterocycles. The summed E-state index contributed by atoms with van der Waals surface area (Å²) in [5.74, 6) is -0.412. The molecule has 166 valence electrons. The molecule has 2 fully saturated rings. The topological polar surface area (TPSA) is 96.4 Å². The Morgan fingerprint density at radius 2 is 1.97 bits per heavy atom. The quantitative estimate of drug-likeness (QED) is 0.440. The van der Waals surface area contributed by atoms with Crippen molar-refractivity contribution in [2.75, 3.05) is 32.8 Å². The Labute approximate surface area is 190 Å². The smallest absolute Gasteiger partial charge is 0.305 e. The number of thiocarbonyl (C=S) groups is 1. The second-order valence-corrected chi connectivity index (χ2v) is 8.67. The average Bonchev–Trinajstić information content (AvgIpc) is 3.35. The molecular formula is C21H24N2O6S2. The summed E-state index contributed by atoms with van der Waals surface area (Å²) in [6.07, 6.45) is 3.55. The van der Waals surface area contributed by atoms with E-state index in [1.54, 1.807) is 29.2 Å². The molecule has 0 saturated carbocycles. The van der Waals surface area contributed by atoms with E-state index < -0.39 is 5.97 Å². The summed E-state index contributed by atoms with van der Waals surface area (Å²) in [7, 11) is 0. The summed E-state index contributed by atoms with van der Waals surface area (Å²) in [5.41, 5.74) is 0.709. The number of thioether (sulfide) groups is 1. The Morgan fingerprint density at radius 3 is 2.65 bits per heavy atom. The Morgan fingerprint density at radius 1 is 1.23 bits per heavy atom. The van der Waals surface area contributed by atoms with Gasteiger partial charge in [0, 0.05) is 19.6 Å². The highest BCUT2D eigenvalue weighted by molar-refractivity contribution is 8.26. The number of aliphatic carboxylic acids is 1. The lowest BCUT2D eigenvalue weighted by Gasteiger charge is -2.17. The highest BCUT2D eigenvalue weighted by Gasteiger charge is 2.32. The molecule has 2 aliphatic heterocycles. The number of carbonyl (C=O) groups is 3. The fraction of sp³-hybridized carbons (Fsp3) is 0.429. The molecular weight excluding hydrogens is 440 g/mol. The van der Waals surface area contributed by atoms with Crippen molar-refractivity contribution in [2.45, 2.75) is 26.2 Å². The molecule has 0 bridgehead atoms. The van der Waals surface area contributed by atoms with Crippen molar-refractivity contribution >= 4 is 52.2 Å². The summed E-state index contributed by atoms with van der Waals surface area (Å²) in [6.45, 7) is 3.78. The van der Waals surface area contributed by atoms with E-state index in [9.17, 15) is 14.4 Å². The monoisotopic (exact) mass is 464 g/mol. The van der Waals surface area contributed by atoms with Crippen LogP contribution < -0.4 is 9.47 Å². The van der Waals surface area contributed by atoms with Gasteiger partial charge in [0.2, 0.25) is 0 Å². The maximum Gasteiger partial charge on any atom is 0.305 e. The molecule has 8 nitrogen and oxygen atoms in total. The molecule has 2 amide bonds. The number of carbonyl (C=O) groups excluding carboxylic acids is 2. The molecule has 1 aromatic rings. The van der Waals surface area contributed by atoms with Gasteiger partial charge in [-0.05, 0) is 43.5 Å². The molecule has 1 aromatic carbocycles. The third-order valence-electron chi connectivity index (χ3n) is 4.80. The Hall–Kier alpha value is -2.59. The number of likely N-dealkylation sites (tertiary alicyclic amines) is 1. The van der Waals surface area contributed by atoms with Crippen molar-refractivity contribution in [3.05, 3.63) is 28.7 Å². The van der Waals surface area contributed by atoms with Crippen LogP contribution in [0.1, 0.15) is 31.7 Å². The van der Waals surface area contributed by atoms with Crippen LogP contribution in [0.4, 0.5) is 0 Å². The first-order chi connectivity index (χ1) is 14.9. The zero-order valence-corrected chi connectivity index (χ0v) is 18.8. The molecule has 0 radical (unpaired) electrons. The van der Waals surface area contributed by atoms with Crippen LogP contribution in [0.5, 0.6) is 11.5 Å². The maximum atomic E-state index is 12.6. The Balaban J connectivity index is 1.71. The molecule has 0 unspecified atom stereocenters. The SMILES string of the molecule is CCOc1cc(/C=C2\SC(=S)N(CCC(=O)O)C2=O)ccc1OCC(=O)N1CCCC1. The standard InChI is InChI=1S/C21H24N2O6S2/c1-2-28-16-11-14(5-6-15(16)29-13-18(24)22-8-3-4-9-22)12-17-20(27)23(21(30)31-17)10-7-19(25)26/h5-6,11-12H,2-4,7-10,13H2,1H3,(H,25,26)/b17-12-. The van der Waals surface area contributed by atoms with E-state index in [0.29, 0.717) is 32.9 Å². The zero-order chi connectivity index (χ0) is 22.4. The first-order valence-corrected chi connectivity index (χ1v) is 11.3. The molecule has 2 aliphatic rings. The highest BCUT2D eigenvalue weighted by atomic mass is 32.2. The van der Waals surface area contributed by atoms with Gasteiger partial charge in [0.05, 0.1) is 17.9 Å². The van der Waals surface area contributed by atoms with Gasteiger partial charge in [-0.2, -0.15) is 0 Å². The van der Waals surface area contributed by atoms with Crippen LogP contribution in [-0.2, 0) is 14.4 Å². The van der Waals surface area contributed by atoms with Crippen molar-refractivity contribution in [2.24, 2.45) is 0 Å². The van der Waals surface area contributed by atoms with Crippen LogP contribution in [0.3, 0.4) is 0 Å². The molecule has 3 rings (SSSR count). The fourth-order valence-corrected chi connectivity index (χ4v) is 4.56. The second-order valence-electron chi connectivity index (χ2n) is 6.99. The van der Waals surface area contributed by atoms with Crippen molar-refractivity contribution in [1.29, 1.82) is 0 Å². The minimum atomic E-state index is -0.988. The van der Waals surface area contributed by atoms with Gasteiger partial charge < -0.3 is 19.5 Å². The number of hydrogen-bond acceptors (Lipinski definition) is 7. The van der Waals surface area contributed by atoms with Crippen molar-refractivity contribution < 1.29 is 29.0 Å². The van der Waals surface area contributed by atoms with Crippen molar-refractivity contribution in [3.8, 4) is 11.5 Å². The first kappa shape index (κ1) is 23.1. The predicted molar refractivity (Wildman–Crippen MR) is 121 cm³/mol. The van der Waals surface area contributed by atoms with E-state index in [-0.39, 0.29) is 31.4 Å². The lowest BCUT2D eigenvalue weighted by atomic mass is 10.2. The van der Waals surface area contributed by atoms with Crippen LogP contribution >= 0.6 is 24.0 Å². The summed E-state index contributed by atoms with van der Waals surface area (Å²) in [6, 6.07) is 5.21. The van der Waals surface area contributed by atoms with E-state index in [1.165, 1.54) is 4.90 Å². The van der Waals surface area contributed by atoms with E-state index >= 15 is 0 Å². The molecule has 10 heteroatoms. The lowest BCUT2D eigenvalue weighted by molar-refractivity contribution is -0.137. The number of rotatable bonds is 9. The van der Waals surface area contributed by atoms with Gasteiger partial charge in [-0.15, -0.1) is 0 Å². The summed E-state index contributed by atoms with van der Waals surface area (Å²) < 4.78 is 11.7. The van der Waals surface area contributed by atoms with Gasteiger partial charge in [0.1, 0.15) is 4.32 Å². The number of amides is 2. The van der Waals surface area contributed by atoms with E-state index in [2.05, 4.69) is 0 Å². The number of carboxylic acid groups (broad SMARTS) is 1. The number of benzene rings is 1. The molecule has 2 saturated heterocycles. The van der Waals surface area contributed by atoms with E-state index in [0.717, 1.165) is 37.7 Å². The number of ether oxygens (including phenoxy) is 2. The van der Waals surface area contributed by atoms with Gasteiger partial charge in [0.15, 0.2) is 18.1 Å². The van der Waals surface area contributed by atoms with Crippen molar-refractivity contribution in [1.82, 2.24) is 9.80 Å². The Bertz CT molecular complexity index is 911. The normalized spacial score (nSPS) is 17.5. The van der Waals surface area contributed by atoms with Crippen molar-refractivity contribution in [3.63, 3.8) is 0 Å². The number of carboxylic acids is 1. The average molecular weight is 465 g/mol. The minimum Gasteiger partial charge on any atom is -0.490 e. The number of nitrogens with zero attached hydrogens (tertiary/aromatic N) is 2. The third-order valence-corrected chi connectivity index (χ3v) is 6.18. The largest absolute Gasteiger partial charge is 0.490 e. The second kappa shape index (κ2) is 10.6. The van der Waals surface area contributed by atoms with E-state index in [1.807, 2.05) is 6.92 Å². The molecule has 0 spiro atoms. The number of hydrogen-bond donors (Lipinski definition) is 1. The van der Waals surface area contributed by atoms with Gasteiger partial charge in [0.25, 0.3) is 11.8 Å². The predicted octanol–water partition coefficient (Wildman–Crippen LogP) is 2.76. The molecule has 2 heterocycles. The van der Waals surface area contributed by atoms with Gasteiger partial charge in [-0.3, -0.25) is 19.3 Å². The maximum absolute atomic E-state index is 12.6. The van der Waals surface area contributed by atoms with Crippen LogP contribution in [-0.4, -0.2) is 69.9 Å². The van der Waals surface area contributed by atoms with Gasteiger partial charge in [-0.25, -0.2) is 0 Å². The summed E-state index contributed by atoms with van der Waals surface area (Å²) in [5, 5.41) is 8.84. The zero-order valence-electron chi connectivity index (χ0n) is 17.2. The molecule has 31 heavy (non-hydrogen) atoms.